The molecule has 0 radical (unpaired) electrons. The van der Waals surface area contributed by atoms with Crippen molar-refractivity contribution >= 4 is 11.6 Å². The average molecular weight is 351 g/mol. The number of carbonyl (C=O) groups is 1. The molecule has 1 aliphatic rings. The second-order valence-corrected chi connectivity index (χ2v) is 6.80. The maximum Gasteiger partial charge on any atom is 0.250 e. The third-order valence-electron chi connectivity index (χ3n) is 5.11. The van der Waals surface area contributed by atoms with Gasteiger partial charge in [0.2, 0.25) is 5.91 Å². The molecule has 7 nitrogen and oxygen atoms in total. The first-order valence-corrected chi connectivity index (χ1v) is 8.86. The van der Waals surface area contributed by atoms with Gasteiger partial charge in [0.1, 0.15) is 5.65 Å². The second kappa shape index (κ2) is 6.74. The van der Waals surface area contributed by atoms with Gasteiger partial charge in [0.15, 0.2) is 0 Å². The van der Waals surface area contributed by atoms with Gasteiger partial charge in [-0.25, -0.2) is 9.97 Å². The van der Waals surface area contributed by atoms with Crippen LogP contribution in [0.4, 0.5) is 0 Å². The molecule has 26 heavy (non-hydrogen) atoms. The van der Waals surface area contributed by atoms with Crippen molar-refractivity contribution in [1.82, 2.24) is 24.3 Å². The molecule has 7 heteroatoms. The highest BCUT2D eigenvalue weighted by molar-refractivity contribution is 5.78. The molecule has 0 saturated carbocycles. The standard InChI is InChI=1S/C19H21N5O2/c1-13-3-2-6-24-15(11-20-19(13)24)9-18(26)23-7-4-14(5-8-23)16-10-17(25)22-12-21-16/h2-3,6,10-12,14H,4-5,7-9H2,1H3,(H,21,22,25). The SMILES string of the molecule is Cc1cccn2c(CC(=O)N3CCC(c4cc(=O)[nH]cn4)CC3)cnc12. The molecule has 0 atom stereocenters. The van der Waals surface area contributed by atoms with Gasteiger partial charge in [0, 0.05) is 37.5 Å². The lowest BCUT2D eigenvalue weighted by molar-refractivity contribution is -0.131. The number of carbonyl (C=O) groups excluding carboxylic acids is 1. The van der Waals surface area contributed by atoms with E-state index in [1.165, 1.54) is 6.33 Å². The zero-order valence-corrected chi connectivity index (χ0v) is 14.7. The number of likely N-dealkylation sites (tertiary alicyclic amines) is 1. The zero-order chi connectivity index (χ0) is 18.1. The van der Waals surface area contributed by atoms with Crippen molar-refractivity contribution in [3.63, 3.8) is 0 Å². The molecule has 4 heterocycles. The van der Waals surface area contributed by atoms with E-state index in [1.54, 1.807) is 12.3 Å². The smallest absolute Gasteiger partial charge is 0.250 e. The summed E-state index contributed by atoms with van der Waals surface area (Å²) in [6.45, 7) is 3.39. The maximum atomic E-state index is 12.7. The number of piperidine rings is 1. The lowest BCUT2D eigenvalue weighted by atomic mass is 9.93. The van der Waals surface area contributed by atoms with Gasteiger partial charge in [-0.15, -0.1) is 0 Å². The van der Waals surface area contributed by atoms with Crippen molar-refractivity contribution in [3.8, 4) is 0 Å². The van der Waals surface area contributed by atoms with Gasteiger partial charge < -0.3 is 14.3 Å². The molecule has 0 unspecified atom stereocenters. The number of nitrogens with one attached hydrogen (secondary N) is 1. The number of fused-ring (bicyclic) bond motifs is 1. The Hall–Kier alpha value is -2.96. The van der Waals surface area contributed by atoms with Crippen molar-refractivity contribution in [2.75, 3.05) is 13.1 Å². The van der Waals surface area contributed by atoms with Crippen LogP contribution in [0.3, 0.4) is 0 Å². The summed E-state index contributed by atoms with van der Waals surface area (Å²) in [5.41, 5.74) is 3.59. The largest absolute Gasteiger partial charge is 0.342 e. The fraction of sp³-hybridized carbons (Fsp3) is 0.368. The summed E-state index contributed by atoms with van der Waals surface area (Å²) < 4.78 is 1.99. The van der Waals surface area contributed by atoms with Gasteiger partial charge in [0.05, 0.1) is 24.1 Å². The quantitative estimate of drug-likeness (QED) is 0.778. The van der Waals surface area contributed by atoms with E-state index in [4.69, 9.17) is 0 Å². The third kappa shape index (κ3) is 3.12. The van der Waals surface area contributed by atoms with E-state index in [0.29, 0.717) is 19.5 Å². The fourth-order valence-corrected chi connectivity index (χ4v) is 3.63. The van der Waals surface area contributed by atoms with E-state index in [9.17, 15) is 9.59 Å². The first kappa shape index (κ1) is 16.5. The Morgan fingerprint density at radius 3 is 2.88 bits per heavy atom. The summed E-state index contributed by atoms with van der Waals surface area (Å²) >= 11 is 0. The van der Waals surface area contributed by atoms with Crippen molar-refractivity contribution in [3.05, 3.63) is 64.2 Å². The van der Waals surface area contributed by atoms with Crippen LogP contribution < -0.4 is 5.56 Å². The first-order valence-electron chi connectivity index (χ1n) is 8.86. The number of hydrogen-bond donors (Lipinski definition) is 1. The van der Waals surface area contributed by atoms with Crippen LogP contribution in [-0.2, 0) is 11.2 Å². The summed E-state index contributed by atoms with van der Waals surface area (Å²) in [5, 5.41) is 0. The summed E-state index contributed by atoms with van der Waals surface area (Å²) in [5.74, 6) is 0.352. The summed E-state index contributed by atoms with van der Waals surface area (Å²) in [6, 6.07) is 5.54. The number of aryl methyl sites for hydroxylation is 1. The molecule has 3 aromatic heterocycles. The molecule has 0 spiro atoms. The number of aromatic nitrogens is 4. The number of aromatic amines is 1. The fourth-order valence-electron chi connectivity index (χ4n) is 3.63. The summed E-state index contributed by atoms with van der Waals surface area (Å²) in [7, 11) is 0. The topological polar surface area (TPSA) is 83.4 Å². The molecule has 0 aromatic carbocycles. The van der Waals surface area contributed by atoms with Crippen molar-refractivity contribution in [2.45, 2.75) is 32.1 Å². The Labute approximate surface area is 150 Å². The van der Waals surface area contributed by atoms with Crippen LogP contribution >= 0.6 is 0 Å². The molecule has 1 saturated heterocycles. The Balaban J connectivity index is 1.42. The highest BCUT2D eigenvalue weighted by atomic mass is 16.2. The molecular formula is C19H21N5O2. The second-order valence-electron chi connectivity index (χ2n) is 6.80. The van der Waals surface area contributed by atoms with Crippen LogP contribution in [0.2, 0.25) is 0 Å². The Morgan fingerprint density at radius 1 is 1.31 bits per heavy atom. The predicted molar refractivity (Wildman–Crippen MR) is 97.0 cm³/mol. The Morgan fingerprint density at radius 2 is 2.12 bits per heavy atom. The number of H-pyrrole nitrogens is 1. The molecule has 1 fully saturated rings. The number of pyridine rings is 1. The van der Waals surface area contributed by atoms with Crippen molar-refractivity contribution in [2.24, 2.45) is 0 Å². The summed E-state index contributed by atoms with van der Waals surface area (Å²) in [4.78, 5) is 37.3. The van der Waals surface area contributed by atoms with E-state index in [-0.39, 0.29) is 17.4 Å². The zero-order valence-electron chi connectivity index (χ0n) is 14.7. The minimum atomic E-state index is -0.128. The van der Waals surface area contributed by atoms with Crippen LogP contribution in [0.1, 0.15) is 35.7 Å². The highest BCUT2D eigenvalue weighted by Gasteiger charge is 2.25. The average Bonchev–Trinajstić information content (AvgIpc) is 3.06. The van der Waals surface area contributed by atoms with Gasteiger partial charge >= 0.3 is 0 Å². The van der Waals surface area contributed by atoms with E-state index < -0.39 is 0 Å². The van der Waals surface area contributed by atoms with Crippen molar-refractivity contribution < 1.29 is 4.79 Å². The Kier molecular flexibility index (Phi) is 4.28. The molecule has 1 N–H and O–H groups in total. The van der Waals surface area contributed by atoms with Gasteiger partial charge in [0.25, 0.3) is 5.56 Å². The molecule has 134 valence electrons. The van der Waals surface area contributed by atoms with Crippen LogP contribution in [0.15, 0.2) is 41.7 Å². The molecule has 3 aromatic rings. The van der Waals surface area contributed by atoms with E-state index in [2.05, 4.69) is 15.0 Å². The lowest BCUT2D eigenvalue weighted by Crippen LogP contribution is -2.39. The molecule has 4 rings (SSSR count). The van der Waals surface area contributed by atoms with E-state index >= 15 is 0 Å². The normalized spacial score (nSPS) is 15.5. The number of amides is 1. The molecular weight excluding hydrogens is 330 g/mol. The molecule has 1 aliphatic heterocycles. The monoisotopic (exact) mass is 351 g/mol. The Bertz CT molecular complexity index is 998. The number of rotatable bonds is 3. The van der Waals surface area contributed by atoms with Gasteiger partial charge in [-0.05, 0) is 31.4 Å². The minimum Gasteiger partial charge on any atom is -0.342 e. The maximum absolute atomic E-state index is 12.7. The van der Waals surface area contributed by atoms with Crippen LogP contribution in [0.25, 0.3) is 5.65 Å². The predicted octanol–water partition coefficient (Wildman–Crippen LogP) is 1.67. The molecule has 0 bridgehead atoms. The third-order valence-corrected chi connectivity index (χ3v) is 5.11. The van der Waals surface area contributed by atoms with Gasteiger partial charge in [-0.3, -0.25) is 9.59 Å². The van der Waals surface area contributed by atoms with Crippen LogP contribution in [0, 0.1) is 6.92 Å². The van der Waals surface area contributed by atoms with Crippen LogP contribution in [-0.4, -0.2) is 43.2 Å². The van der Waals surface area contributed by atoms with E-state index in [1.807, 2.05) is 34.6 Å². The van der Waals surface area contributed by atoms with Crippen molar-refractivity contribution in [1.29, 1.82) is 0 Å². The minimum absolute atomic E-state index is 0.116. The van der Waals surface area contributed by atoms with Crippen LogP contribution in [0.5, 0.6) is 0 Å². The molecule has 0 aliphatic carbocycles. The van der Waals surface area contributed by atoms with Gasteiger partial charge in [-0.1, -0.05) is 6.07 Å². The number of nitrogens with zero attached hydrogens (tertiary/aromatic N) is 4. The van der Waals surface area contributed by atoms with E-state index in [0.717, 1.165) is 35.4 Å². The first-order chi connectivity index (χ1) is 12.6. The highest BCUT2D eigenvalue weighted by Crippen LogP contribution is 2.26. The molecule has 1 amide bonds. The number of hydrogen-bond acceptors (Lipinski definition) is 4. The lowest BCUT2D eigenvalue weighted by Gasteiger charge is -2.31. The summed E-state index contributed by atoms with van der Waals surface area (Å²) in [6.07, 6.45) is 7.18. The van der Waals surface area contributed by atoms with Gasteiger partial charge in [-0.2, -0.15) is 0 Å². The number of imidazole rings is 1.